The van der Waals surface area contributed by atoms with Crippen LogP contribution in [-0.4, -0.2) is 38.3 Å². The van der Waals surface area contributed by atoms with Gasteiger partial charge in [0, 0.05) is 25.0 Å². The Balaban J connectivity index is 1.49. The normalized spacial score (nSPS) is 17.0. The number of carbonyl (C=O) groups excluding carboxylic acids is 1. The summed E-state index contributed by atoms with van der Waals surface area (Å²) in [4.78, 5) is 19.2. The Hall–Kier alpha value is -2.89. The fourth-order valence-corrected chi connectivity index (χ4v) is 3.77. The molecule has 1 aliphatic heterocycles. The highest BCUT2D eigenvalue weighted by Gasteiger charge is 2.29. The first kappa shape index (κ1) is 16.6. The number of carbonyl (C=O) groups is 1. The molecular formula is C20H23N5O. The van der Waals surface area contributed by atoms with E-state index >= 15 is 0 Å². The molecule has 0 spiro atoms. The third-order valence-corrected chi connectivity index (χ3v) is 5.07. The quantitative estimate of drug-likeness (QED) is 0.787. The van der Waals surface area contributed by atoms with E-state index in [1.165, 1.54) is 5.56 Å². The molecular weight excluding hydrogens is 326 g/mol. The summed E-state index contributed by atoms with van der Waals surface area (Å²) in [6.07, 6.45) is 4.68. The minimum atomic E-state index is -0.0499. The smallest absolute Gasteiger partial charge is 0.321 e. The second kappa shape index (κ2) is 6.78. The van der Waals surface area contributed by atoms with Crippen LogP contribution < -0.4 is 5.32 Å². The van der Waals surface area contributed by atoms with Gasteiger partial charge in [0.15, 0.2) is 5.65 Å². The number of urea groups is 1. The second-order valence-corrected chi connectivity index (χ2v) is 6.91. The first-order chi connectivity index (χ1) is 12.6. The fourth-order valence-electron chi connectivity index (χ4n) is 3.77. The van der Waals surface area contributed by atoms with Crippen molar-refractivity contribution in [2.45, 2.75) is 32.2 Å². The van der Waals surface area contributed by atoms with Crippen LogP contribution >= 0.6 is 0 Å². The molecule has 1 unspecified atom stereocenters. The van der Waals surface area contributed by atoms with Crippen molar-refractivity contribution in [3.63, 3.8) is 0 Å². The van der Waals surface area contributed by atoms with E-state index in [1.54, 1.807) is 10.9 Å². The molecule has 3 heterocycles. The number of hydrogen-bond acceptors (Lipinski definition) is 3. The summed E-state index contributed by atoms with van der Waals surface area (Å²) in [6, 6.07) is 12.5. The number of benzene rings is 1. The predicted molar refractivity (Wildman–Crippen MR) is 102 cm³/mol. The first-order valence-electron chi connectivity index (χ1n) is 9.03. The van der Waals surface area contributed by atoms with Crippen molar-refractivity contribution in [2.75, 3.05) is 11.9 Å². The minimum Gasteiger partial charge on any atom is -0.321 e. The van der Waals surface area contributed by atoms with Crippen molar-refractivity contribution >= 4 is 22.8 Å². The van der Waals surface area contributed by atoms with Crippen LogP contribution in [0.15, 0.2) is 42.6 Å². The van der Waals surface area contributed by atoms with Crippen molar-refractivity contribution in [1.29, 1.82) is 0 Å². The predicted octanol–water partition coefficient (Wildman–Crippen LogP) is 3.52. The number of fused-ring (bicyclic) bond motifs is 1. The molecule has 1 saturated heterocycles. The third-order valence-electron chi connectivity index (χ3n) is 5.07. The van der Waals surface area contributed by atoms with Crippen LogP contribution in [0.25, 0.3) is 11.0 Å². The van der Waals surface area contributed by atoms with Crippen molar-refractivity contribution < 1.29 is 4.79 Å². The number of anilines is 1. The summed E-state index contributed by atoms with van der Waals surface area (Å²) in [6.45, 7) is 2.75. The third kappa shape index (κ3) is 3.14. The van der Waals surface area contributed by atoms with Gasteiger partial charge in [-0.05, 0) is 37.8 Å². The zero-order chi connectivity index (χ0) is 18.1. The van der Waals surface area contributed by atoms with Crippen LogP contribution in [0.1, 0.15) is 24.1 Å². The average molecular weight is 349 g/mol. The van der Waals surface area contributed by atoms with Gasteiger partial charge in [0.1, 0.15) is 0 Å². The van der Waals surface area contributed by atoms with E-state index in [1.807, 2.05) is 43.1 Å². The molecule has 1 atom stereocenters. The van der Waals surface area contributed by atoms with Crippen molar-refractivity contribution in [2.24, 2.45) is 7.05 Å². The highest BCUT2D eigenvalue weighted by molar-refractivity contribution is 5.92. The summed E-state index contributed by atoms with van der Waals surface area (Å²) in [5.41, 5.74) is 3.72. The van der Waals surface area contributed by atoms with Gasteiger partial charge >= 0.3 is 6.03 Å². The number of aryl methyl sites for hydroxylation is 2. The summed E-state index contributed by atoms with van der Waals surface area (Å²) >= 11 is 0. The molecule has 26 heavy (non-hydrogen) atoms. The van der Waals surface area contributed by atoms with Crippen LogP contribution in [0.3, 0.4) is 0 Å². The molecule has 1 N–H and O–H groups in total. The van der Waals surface area contributed by atoms with Crippen LogP contribution in [0, 0.1) is 6.92 Å². The largest absolute Gasteiger partial charge is 0.322 e. The van der Waals surface area contributed by atoms with Gasteiger partial charge in [-0.2, -0.15) is 5.10 Å². The van der Waals surface area contributed by atoms with E-state index in [4.69, 9.17) is 0 Å². The number of aromatic nitrogens is 3. The molecule has 0 radical (unpaired) electrons. The molecule has 1 aromatic carbocycles. The average Bonchev–Trinajstić information content (AvgIpc) is 3.21. The van der Waals surface area contributed by atoms with Crippen LogP contribution in [-0.2, 0) is 13.5 Å². The zero-order valence-electron chi connectivity index (χ0n) is 15.1. The first-order valence-corrected chi connectivity index (χ1v) is 9.03. The zero-order valence-corrected chi connectivity index (χ0v) is 15.1. The number of pyridine rings is 1. The Morgan fingerprint density at radius 2 is 2.12 bits per heavy atom. The Kier molecular flexibility index (Phi) is 4.32. The molecule has 0 saturated carbocycles. The Labute approximate surface area is 152 Å². The molecule has 2 aromatic heterocycles. The molecule has 2 amide bonds. The van der Waals surface area contributed by atoms with Crippen LogP contribution in [0.5, 0.6) is 0 Å². The highest BCUT2D eigenvalue weighted by Crippen LogP contribution is 2.24. The fraction of sp³-hybridized carbons (Fsp3) is 0.350. The van der Waals surface area contributed by atoms with Gasteiger partial charge in [-0.1, -0.05) is 30.3 Å². The summed E-state index contributed by atoms with van der Waals surface area (Å²) in [5.74, 6) is 0. The van der Waals surface area contributed by atoms with Crippen molar-refractivity contribution in [1.82, 2.24) is 19.7 Å². The summed E-state index contributed by atoms with van der Waals surface area (Å²) in [5, 5.41) is 8.36. The topological polar surface area (TPSA) is 63.1 Å². The van der Waals surface area contributed by atoms with E-state index in [0.717, 1.165) is 42.5 Å². The van der Waals surface area contributed by atoms with Gasteiger partial charge in [0.25, 0.3) is 0 Å². The van der Waals surface area contributed by atoms with Gasteiger partial charge in [-0.25, -0.2) is 9.78 Å². The van der Waals surface area contributed by atoms with Gasteiger partial charge < -0.3 is 10.2 Å². The lowest BCUT2D eigenvalue weighted by atomic mass is 10.0. The lowest BCUT2D eigenvalue weighted by Crippen LogP contribution is -2.39. The monoisotopic (exact) mass is 349 g/mol. The summed E-state index contributed by atoms with van der Waals surface area (Å²) < 4.78 is 1.76. The molecule has 6 heteroatoms. The molecule has 134 valence electrons. The molecule has 3 aromatic rings. The molecule has 0 bridgehead atoms. The lowest BCUT2D eigenvalue weighted by Gasteiger charge is -2.25. The minimum absolute atomic E-state index is 0.0499. The number of likely N-dealkylation sites (tertiary alicyclic amines) is 1. The summed E-state index contributed by atoms with van der Waals surface area (Å²) in [7, 11) is 1.87. The van der Waals surface area contributed by atoms with Crippen LogP contribution in [0.4, 0.5) is 10.5 Å². The molecule has 1 fully saturated rings. The van der Waals surface area contributed by atoms with Gasteiger partial charge in [-0.15, -0.1) is 0 Å². The number of nitrogens with one attached hydrogen (secondary N) is 1. The number of amides is 2. The van der Waals surface area contributed by atoms with E-state index in [2.05, 4.69) is 27.5 Å². The van der Waals surface area contributed by atoms with Gasteiger partial charge in [-0.3, -0.25) is 4.68 Å². The maximum absolute atomic E-state index is 12.8. The molecule has 4 rings (SSSR count). The van der Waals surface area contributed by atoms with Crippen molar-refractivity contribution in [3.05, 3.63) is 53.9 Å². The van der Waals surface area contributed by atoms with E-state index in [-0.39, 0.29) is 12.1 Å². The number of rotatable bonds is 3. The van der Waals surface area contributed by atoms with Crippen LogP contribution in [0.2, 0.25) is 0 Å². The number of hydrogen-bond donors (Lipinski definition) is 1. The molecule has 6 nitrogen and oxygen atoms in total. The Morgan fingerprint density at radius 3 is 2.92 bits per heavy atom. The molecule has 1 aliphatic rings. The number of nitrogens with zero attached hydrogens (tertiary/aromatic N) is 4. The van der Waals surface area contributed by atoms with Gasteiger partial charge in [0.05, 0.1) is 17.6 Å². The Morgan fingerprint density at radius 1 is 1.31 bits per heavy atom. The maximum atomic E-state index is 12.8. The maximum Gasteiger partial charge on any atom is 0.322 e. The standard InChI is InChI=1S/C20H23N5O/c1-14-18-12-16(13-21-19(18)24(2)23-14)22-20(26)25-10-6-9-17(25)11-15-7-4-3-5-8-15/h3-5,7-8,12-13,17H,6,9-11H2,1-2H3,(H,22,26). The Bertz CT molecular complexity index is 934. The van der Waals surface area contributed by atoms with E-state index in [0.29, 0.717) is 5.69 Å². The second-order valence-electron chi connectivity index (χ2n) is 6.91. The highest BCUT2D eigenvalue weighted by atomic mass is 16.2. The molecule has 0 aliphatic carbocycles. The van der Waals surface area contributed by atoms with E-state index < -0.39 is 0 Å². The van der Waals surface area contributed by atoms with Crippen molar-refractivity contribution in [3.8, 4) is 0 Å². The van der Waals surface area contributed by atoms with Gasteiger partial charge in [0.2, 0.25) is 0 Å². The SMILES string of the molecule is Cc1nn(C)c2ncc(NC(=O)N3CCCC3Cc3ccccc3)cc12. The van der Waals surface area contributed by atoms with E-state index in [9.17, 15) is 4.79 Å². The lowest BCUT2D eigenvalue weighted by molar-refractivity contribution is 0.206.